The Hall–Kier alpha value is -1.89. The van der Waals surface area contributed by atoms with Crippen molar-refractivity contribution in [3.8, 4) is 0 Å². The highest BCUT2D eigenvalue weighted by Gasteiger charge is 2.39. The zero-order valence-corrected chi connectivity index (χ0v) is 16.0. The molecule has 1 fully saturated rings. The van der Waals surface area contributed by atoms with Crippen LogP contribution in [-0.4, -0.2) is 37.7 Å². The van der Waals surface area contributed by atoms with E-state index in [1.165, 1.54) is 24.3 Å². The summed E-state index contributed by atoms with van der Waals surface area (Å²) in [6.07, 6.45) is 5.26. The Labute approximate surface area is 154 Å². The lowest BCUT2D eigenvalue weighted by atomic mass is 9.74. The van der Waals surface area contributed by atoms with Crippen molar-refractivity contribution in [2.45, 2.75) is 56.8 Å². The third-order valence-corrected chi connectivity index (χ3v) is 6.91. The molecule has 7 heteroatoms. The molecule has 0 saturated heterocycles. The van der Waals surface area contributed by atoms with E-state index in [4.69, 9.17) is 0 Å². The fourth-order valence-electron chi connectivity index (χ4n) is 3.31. The summed E-state index contributed by atoms with van der Waals surface area (Å²) >= 11 is 0. The molecular weight excluding hydrogens is 354 g/mol. The Kier molecular flexibility index (Phi) is 6.81. The molecule has 1 aromatic rings. The van der Waals surface area contributed by atoms with Gasteiger partial charge in [0, 0.05) is 12.1 Å². The molecule has 0 aromatic heterocycles. The summed E-state index contributed by atoms with van der Waals surface area (Å²) in [5.74, 6) is -1.15. The summed E-state index contributed by atoms with van der Waals surface area (Å²) in [4.78, 5) is 24.2. The maximum Gasteiger partial charge on any atom is 0.311 e. The smallest absolute Gasteiger partial charge is 0.311 e. The number of carboxylic acid groups (broad SMARTS) is 1. The average molecular weight is 381 g/mol. The van der Waals surface area contributed by atoms with Crippen molar-refractivity contribution >= 4 is 21.7 Å². The number of nitrogens with one attached hydrogen (secondary N) is 1. The van der Waals surface area contributed by atoms with Crippen molar-refractivity contribution in [2.75, 3.05) is 12.3 Å². The van der Waals surface area contributed by atoms with Gasteiger partial charge in [-0.15, -0.1) is 0 Å². The molecular formula is C19H27NO5S. The van der Waals surface area contributed by atoms with E-state index in [-0.39, 0.29) is 23.1 Å². The van der Waals surface area contributed by atoms with Crippen molar-refractivity contribution in [3.63, 3.8) is 0 Å². The second kappa shape index (κ2) is 8.66. The molecule has 0 heterocycles. The molecule has 0 spiro atoms. The third-order valence-electron chi connectivity index (χ3n) is 5.09. The van der Waals surface area contributed by atoms with Crippen molar-refractivity contribution in [1.82, 2.24) is 5.32 Å². The number of rotatable bonds is 8. The van der Waals surface area contributed by atoms with Crippen LogP contribution in [0.1, 0.15) is 62.2 Å². The number of unbranched alkanes of at least 4 members (excludes halogenated alkanes) is 1. The second-order valence-electron chi connectivity index (χ2n) is 7.03. The Morgan fingerprint density at radius 2 is 1.73 bits per heavy atom. The minimum absolute atomic E-state index is 0.0934. The van der Waals surface area contributed by atoms with E-state index >= 15 is 0 Å². The fourth-order valence-corrected chi connectivity index (χ4v) is 4.77. The highest BCUT2D eigenvalue weighted by Crippen LogP contribution is 2.36. The highest BCUT2D eigenvalue weighted by molar-refractivity contribution is 7.91. The molecule has 1 aliphatic carbocycles. The van der Waals surface area contributed by atoms with Crippen molar-refractivity contribution in [1.29, 1.82) is 0 Å². The van der Waals surface area contributed by atoms with Gasteiger partial charge in [0.15, 0.2) is 9.84 Å². The summed E-state index contributed by atoms with van der Waals surface area (Å²) in [6.45, 7) is 2.02. The summed E-state index contributed by atoms with van der Waals surface area (Å²) in [6, 6.07) is 5.83. The first-order chi connectivity index (χ1) is 12.3. The molecule has 1 saturated carbocycles. The van der Waals surface area contributed by atoms with Gasteiger partial charge in [-0.25, -0.2) is 8.42 Å². The van der Waals surface area contributed by atoms with Gasteiger partial charge in [0.1, 0.15) is 0 Å². The first-order valence-corrected chi connectivity index (χ1v) is 10.8. The van der Waals surface area contributed by atoms with Crippen LogP contribution in [0, 0.1) is 5.41 Å². The van der Waals surface area contributed by atoms with Crippen LogP contribution in [0.2, 0.25) is 0 Å². The lowest BCUT2D eigenvalue weighted by Gasteiger charge is -2.33. The number of carboxylic acids is 1. The number of hydrogen-bond acceptors (Lipinski definition) is 4. The molecule has 1 aliphatic rings. The minimum Gasteiger partial charge on any atom is -0.481 e. The maximum absolute atomic E-state index is 12.3. The first kappa shape index (κ1) is 20.4. The second-order valence-corrected chi connectivity index (χ2v) is 9.13. The largest absolute Gasteiger partial charge is 0.481 e. The van der Waals surface area contributed by atoms with Crippen LogP contribution in [0.15, 0.2) is 29.2 Å². The zero-order valence-electron chi connectivity index (χ0n) is 15.2. The highest BCUT2D eigenvalue weighted by atomic mass is 32.2. The molecule has 2 N–H and O–H groups in total. The van der Waals surface area contributed by atoms with E-state index < -0.39 is 21.2 Å². The molecule has 0 unspecified atom stereocenters. The van der Waals surface area contributed by atoms with Gasteiger partial charge in [0.25, 0.3) is 5.91 Å². The predicted octanol–water partition coefficient (Wildman–Crippen LogP) is 3.03. The summed E-state index contributed by atoms with van der Waals surface area (Å²) < 4.78 is 24.3. The van der Waals surface area contributed by atoms with Gasteiger partial charge in [0.2, 0.25) is 0 Å². The van der Waals surface area contributed by atoms with Crippen molar-refractivity contribution in [2.24, 2.45) is 5.41 Å². The fraction of sp³-hybridized carbons (Fsp3) is 0.579. The summed E-state index contributed by atoms with van der Waals surface area (Å²) in [5.41, 5.74) is -0.562. The first-order valence-electron chi connectivity index (χ1n) is 9.15. The summed E-state index contributed by atoms with van der Waals surface area (Å²) in [5, 5.41) is 12.3. The van der Waals surface area contributed by atoms with Gasteiger partial charge in [-0.05, 0) is 43.5 Å². The molecule has 144 valence electrons. The van der Waals surface area contributed by atoms with Crippen LogP contribution >= 0.6 is 0 Å². The topological polar surface area (TPSA) is 101 Å². The van der Waals surface area contributed by atoms with Gasteiger partial charge < -0.3 is 10.4 Å². The van der Waals surface area contributed by atoms with E-state index in [1.54, 1.807) is 0 Å². The SMILES string of the molecule is CCCCS(=O)(=O)c1ccc(C(=O)NCC2(C(=O)O)CCCCC2)cc1. The summed E-state index contributed by atoms with van der Waals surface area (Å²) in [7, 11) is -3.32. The number of amides is 1. The lowest BCUT2D eigenvalue weighted by Crippen LogP contribution is -2.44. The number of carbonyl (C=O) groups excluding carboxylic acids is 1. The Bertz CT molecular complexity index is 734. The average Bonchev–Trinajstić information content (AvgIpc) is 2.65. The number of sulfone groups is 1. The van der Waals surface area contributed by atoms with E-state index in [9.17, 15) is 23.1 Å². The van der Waals surface area contributed by atoms with Crippen LogP contribution < -0.4 is 5.32 Å². The lowest BCUT2D eigenvalue weighted by molar-refractivity contribution is -0.150. The van der Waals surface area contributed by atoms with E-state index in [2.05, 4.69) is 5.32 Å². The van der Waals surface area contributed by atoms with E-state index in [0.717, 1.165) is 25.7 Å². The molecule has 1 aromatic carbocycles. The van der Waals surface area contributed by atoms with Crippen LogP contribution in [0.4, 0.5) is 0 Å². The van der Waals surface area contributed by atoms with Crippen LogP contribution in [-0.2, 0) is 14.6 Å². The standard InChI is InChI=1S/C19H27NO5S/c1-2-3-13-26(24,25)16-9-7-15(8-10-16)17(21)20-14-19(18(22)23)11-5-4-6-12-19/h7-10H,2-6,11-14H2,1H3,(H,20,21)(H,22,23). The zero-order chi connectivity index (χ0) is 19.2. The molecule has 2 rings (SSSR count). The molecule has 26 heavy (non-hydrogen) atoms. The van der Waals surface area contributed by atoms with Gasteiger partial charge in [-0.1, -0.05) is 32.6 Å². The molecule has 0 aliphatic heterocycles. The van der Waals surface area contributed by atoms with Gasteiger partial charge in [-0.2, -0.15) is 0 Å². The number of aliphatic carboxylic acids is 1. The number of benzene rings is 1. The number of hydrogen-bond donors (Lipinski definition) is 2. The third kappa shape index (κ3) is 4.84. The molecule has 0 radical (unpaired) electrons. The van der Waals surface area contributed by atoms with Gasteiger partial charge >= 0.3 is 5.97 Å². The predicted molar refractivity (Wildman–Crippen MR) is 98.9 cm³/mol. The normalized spacial score (nSPS) is 16.8. The minimum atomic E-state index is -3.32. The van der Waals surface area contributed by atoms with E-state index in [0.29, 0.717) is 24.8 Å². The molecule has 1 amide bonds. The van der Waals surface area contributed by atoms with Crippen LogP contribution in [0.5, 0.6) is 0 Å². The monoisotopic (exact) mass is 381 g/mol. The van der Waals surface area contributed by atoms with E-state index in [1.807, 2.05) is 6.92 Å². The van der Waals surface area contributed by atoms with Crippen LogP contribution in [0.3, 0.4) is 0 Å². The Morgan fingerprint density at radius 3 is 2.27 bits per heavy atom. The molecule has 6 nitrogen and oxygen atoms in total. The van der Waals surface area contributed by atoms with Gasteiger partial charge in [0.05, 0.1) is 16.1 Å². The Balaban J connectivity index is 2.02. The molecule has 0 bridgehead atoms. The quantitative estimate of drug-likeness (QED) is 0.721. The van der Waals surface area contributed by atoms with Crippen molar-refractivity contribution in [3.05, 3.63) is 29.8 Å². The van der Waals surface area contributed by atoms with Crippen molar-refractivity contribution < 1.29 is 23.1 Å². The number of carbonyl (C=O) groups is 2. The van der Waals surface area contributed by atoms with Gasteiger partial charge in [-0.3, -0.25) is 9.59 Å². The maximum atomic E-state index is 12.3. The molecule has 0 atom stereocenters. The Morgan fingerprint density at radius 1 is 1.12 bits per heavy atom. The van der Waals surface area contributed by atoms with Crippen LogP contribution in [0.25, 0.3) is 0 Å².